The molecule has 88 valence electrons. The van der Waals surface area contributed by atoms with Gasteiger partial charge in [0.25, 0.3) is 0 Å². The van der Waals surface area contributed by atoms with Gasteiger partial charge in [-0.25, -0.2) is 0 Å². The van der Waals surface area contributed by atoms with Crippen LogP contribution < -0.4 is 5.73 Å². The van der Waals surface area contributed by atoms with E-state index in [0.29, 0.717) is 6.54 Å². The molecule has 1 amide bonds. The van der Waals surface area contributed by atoms with Crippen molar-refractivity contribution >= 4 is 5.91 Å². The number of carbonyl (C=O) groups excluding carboxylic acids is 1. The minimum absolute atomic E-state index is 0.147. The molecule has 0 saturated heterocycles. The molecule has 0 heterocycles. The molecule has 0 aromatic rings. The van der Waals surface area contributed by atoms with Gasteiger partial charge in [0.1, 0.15) is 0 Å². The predicted octanol–water partition coefficient (Wildman–Crippen LogP) is 1.62. The molecular formula is C12H24N2O. The van der Waals surface area contributed by atoms with Crippen LogP contribution in [-0.2, 0) is 4.79 Å². The quantitative estimate of drug-likeness (QED) is 0.772. The smallest absolute Gasteiger partial charge is 0.226 e. The van der Waals surface area contributed by atoms with Crippen LogP contribution in [0.15, 0.2) is 0 Å². The zero-order valence-electron chi connectivity index (χ0n) is 10.4. The Bertz CT molecular complexity index is 238. The lowest BCUT2D eigenvalue weighted by Gasteiger charge is -2.32. The van der Waals surface area contributed by atoms with Gasteiger partial charge in [-0.2, -0.15) is 0 Å². The zero-order chi connectivity index (χ0) is 11.6. The Morgan fingerprint density at radius 2 is 2.20 bits per heavy atom. The van der Waals surface area contributed by atoms with Crippen LogP contribution in [0.5, 0.6) is 0 Å². The number of nitrogens with zero attached hydrogens (tertiary/aromatic N) is 1. The number of rotatable bonds is 3. The summed E-state index contributed by atoms with van der Waals surface area (Å²) in [5.41, 5.74) is 5.75. The van der Waals surface area contributed by atoms with Crippen molar-refractivity contribution in [1.82, 2.24) is 4.90 Å². The fourth-order valence-corrected chi connectivity index (χ4v) is 2.41. The Hall–Kier alpha value is -0.570. The Labute approximate surface area is 93.0 Å². The molecule has 0 aromatic carbocycles. The third kappa shape index (κ3) is 2.51. The van der Waals surface area contributed by atoms with Gasteiger partial charge in [-0.15, -0.1) is 0 Å². The molecular weight excluding hydrogens is 188 g/mol. The van der Waals surface area contributed by atoms with Gasteiger partial charge in [0.05, 0.1) is 0 Å². The maximum absolute atomic E-state index is 12.2. The first-order valence-electron chi connectivity index (χ1n) is 5.87. The van der Waals surface area contributed by atoms with Gasteiger partial charge in [0, 0.05) is 25.6 Å². The van der Waals surface area contributed by atoms with E-state index in [1.807, 2.05) is 18.9 Å². The topological polar surface area (TPSA) is 46.3 Å². The highest BCUT2D eigenvalue weighted by Crippen LogP contribution is 2.43. The first-order chi connectivity index (χ1) is 6.90. The molecule has 0 radical (unpaired) electrons. The Morgan fingerprint density at radius 3 is 2.60 bits per heavy atom. The first kappa shape index (κ1) is 12.5. The van der Waals surface area contributed by atoms with Gasteiger partial charge in [-0.3, -0.25) is 4.79 Å². The largest absolute Gasteiger partial charge is 0.342 e. The van der Waals surface area contributed by atoms with E-state index >= 15 is 0 Å². The summed E-state index contributed by atoms with van der Waals surface area (Å²) in [7, 11) is 1.87. The molecule has 2 atom stereocenters. The molecule has 3 heteroatoms. The van der Waals surface area contributed by atoms with Crippen LogP contribution in [-0.4, -0.2) is 30.4 Å². The number of likely N-dealkylation sites (N-methyl/N-ethyl adjacent to an activating group) is 1. The summed E-state index contributed by atoms with van der Waals surface area (Å²) >= 11 is 0. The van der Waals surface area contributed by atoms with E-state index in [9.17, 15) is 4.79 Å². The van der Waals surface area contributed by atoms with Crippen molar-refractivity contribution in [1.29, 1.82) is 0 Å². The lowest BCUT2D eigenvalue weighted by atomic mass is 9.81. The van der Waals surface area contributed by atoms with Crippen LogP contribution in [0, 0.1) is 11.3 Å². The molecule has 3 nitrogen and oxygen atoms in total. The number of carbonyl (C=O) groups is 1. The average molecular weight is 212 g/mol. The zero-order valence-corrected chi connectivity index (χ0v) is 10.4. The standard InChI is InChI=1S/C12H24N2O/c1-9(8-13)14(4)11(15)10-6-5-7-12(10,2)3/h9-10H,5-8,13H2,1-4H3. The predicted molar refractivity (Wildman–Crippen MR) is 62.4 cm³/mol. The maximum atomic E-state index is 12.2. The van der Waals surface area contributed by atoms with Gasteiger partial charge in [-0.05, 0) is 25.2 Å². The molecule has 0 spiro atoms. The highest BCUT2D eigenvalue weighted by molar-refractivity contribution is 5.80. The second kappa shape index (κ2) is 4.52. The van der Waals surface area contributed by atoms with E-state index < -0.39 is 0 Å². The molecule has 2 unspecified atom stereocenters. The lowest BCUT2D eigenvalue weighted by molar-refractivity contribution is -0.138. The van der Waals surface area contributed by atoms with Crippen LogP contribution in [0.2, 0.25) is 0 Å². The number of nitrogens with two attached hydrogens (primary N) is 1. The second-order valence-corrected chi connectivity index (χ2v) is 5.47. The van der Waals surface area contributed by atoms with E-state index in [1.165, 1.54) is 6.42 Å². The normalized spacial score (nSPS) is 26.3. The van der Waals surface area contributed by atoms with Gasteiger partial charge in [0.2, 0.25) is 5.91 Å². The van der Waals surface area contributed by atoms with Crippen LogP contribution in [0.3, 0.4) is 0 Å². The lowest BCUT2D eigenvalue weighted by Crippen LogP contribution is -2.45. The van der Waals surface area contributed by atoms with Crippen molar-refractivity contribution < 1.29 is 4.79 Å². The summed E-state index contributed by atoms with van der Waals surface area (Å²) < 4.78 is 0. The fourth-order valence-electron chi connectivity index (χ4n) is 2.41. The highest BCUT2D eigenvalue weighted by Gasteiger charge is 2.40. The van der Waals surface area contributed by atoms with E-state index in [-0.39, 0.29) is 23.3 Å². The van der Waals surface area contributed by atoms with Crippen molar-refractivity contribution in [3.63, 3.8) is 0 Å². The van der Waals surface area contributed by atoms with Crippen molar-refractivity contribution in [2.24, 2.45) is 17.1 Å². The molecule has 0 aliphatic heterocycles. The number of hydrogen-bond donors (Lipinski definition) is 1. The molecule has 1 saturated carbocycles. The molecule has 1 rings (SSSR count). The van der Waals surface area contributed by atoms with Crippen molar-refractivity contribution in [2.75, 3.05) is 13.6 Å². The molecule has 1 aliphatic carbocycles. The van der Waals surface area contributed by atoms with Crippen molar-refractivity contribution in [3.8, 4) is 0 Å². The van der Waals surface area contributed by atoms with Crippen LogP contribution in [0.25, 0.3) is 0 Å². The average Bonchev–Trinajstić information content (AvgIpc) is 2.54. The van der Waals surface area contributed by atoms with Crippen molar-refractivity contribution in [2.45, 2.75) is 46.1 Å². The van der Waals surface area contributed by atoms with E-state index in [4.69, 9.17) is 5.73 Å². The van der Waals surface area contributed by atoms with Crippen LogP contribution in [0.4, 0.5) is 0 Å². The summed E-state index contributed by atoms with van der Waals surface area (Å²) in [5, 5.41) is 0. The molecule has 1 fully saturated rings. The molecule has 0 bridgehead atoms. The fraction of sp³-hybridized carbons (Fsp3) is 0.917. The van der Waals surface area contributed by atoms with Crippen LogP contribution in [0.1, 0.15) is 40.0 Å². The molecule has 2 N–H and O–H groups in total. The summed E-state index contributed by atoms with van der Waals surface area (Å²) in [6.07, 6.45) is 3.37. The van der Waals surface area contributed by atoms with Gasteiger partial charge in [-0.1, -0.05) is 20.3 Å². The summed E-state index contributed by atoms with van der Waals surface area (Å²) in [6.45, 7) is 6.93. The number of amides is 1. The first-order valence-corrected chi connectivity index (χ1v) is 5.87. The molecule has 15 heavy (non-hydrogen) atoms. The maximum Gasteiger partial charge on any atom is 0.226 e. The molecule has 0 aromatic heterocycles. The summed E-state index contributed by atoms with van der Waals surface area (Å²) in [6, 6.07) is 0.147. The highest BCUT2D eigenvalue weighted by atomic mass is 16.2. The Balaban J connectivity index is 2.68. The second-order valence-electron chi connectivity index (χ2n) is 5.47. The van der Waals surface area contributed by atoms with Gasteiger partial charge >= 0.3 is 0 Å². The monoisotopic (exact) mass is 212 g/mol. The third-order valence-electron chi connectivity index (χ3n) is 3.91. The SMILES string of the molecule is CC(CN)N(C)C(=O)C1CCCC1(C)C. The Morgan fingerprint density at radius 1 is 1.60 bits per heavy atom. The van der Waals surface area contributed by atoms with Crippen molar-refractivity contribution in [3.05, 3.63) is 0 Å². The number of hydrogen-bond acceptors (Lipinski definition) is 2. The van der Waals surface area contributed by atoms with Crippen LogP contribution >= 0.6 is 0 Å². The summed E-state index contributed by atoms with van der Waals surface area (Å²) in [5.74, 6) is 0.465. The Kier molecular flexibility index (Phi) is 3.77. The van der Waals surface area contributed by atoms with E-state index in [2.05, 4.69) is 13.8 Å². The summed E-state index contributed by atoms with van der Waals surface area (Å²) in [4.78, 5) is 14.0. The minimum atomic E-state index is 0.147. The van der Waals surface area contributed by atoms with E-state index in [0.717, 1.165) is 12.8 Å². The third-order valence-corrected chi connectivity index (χ3v) is 3.91. The van der Waals surface area contributed by atoms with Gasteiger partial charge < -0.3 is 10.6 Å². The van der Waals surface area contributed by atoms with E-state index in [1.54, 1.807) is 0 Å². The van der Waals surface area contributed by atoms with Gasteiger partial charge in [0.15, 0.2) is 0 Å². The minimum Gasteiger partial charge on any atom is -0.342 e. The molecule has 1 aliphatic rings.